The zero-order chi connectivity index (χ0) is 13.7. The molecule has 1 saturated heterocycles. The van der Waals surface area contributed by atoms with E-state index in [2.05, 4.69) is 48.1 Å². The van der Waals surface area contributed by atoms with Crippen LogP contribution in [0.3, 0.4) is 0 Å². The van der Waals surface area contributed by atoms with E-state index in [4.69, 9.17) is 0 Å². The monoisotopic (exact) mass is 261 g/mol. The summed E-state index contributed by atoms with van der Waals surface area (Å²) in [7, 11) is 0. The number of aromatic nitrogens is 1. The summed E-state index contributed by atoms with van der Waals surface area (Å²) in [5, 5.41) is 3.75. The number of nitrogens with one attached hydrogen (secondary N) is 1. The molecule has 1 aliphatic heterocycles. The van der Waals surface area contributed by atoms with Crippen LogP contribution in [0.25, 0.3) is 0 Å². The lowest BCUT2D eigenvalue weighted by molar-refractivity contribution is 0.228. The molecule has 106 valence electrons. The van der Waals surface area contributed by atoms with E-state index in [-0.39, 0.29) is 0 Å². The van der Waals surface area contributed by atoms with Gasteiger partial charge >= 0.3 is 0 Å². The number of rotatable bonds is 4. The second kappa shape index (κ2) is 7.01. The highest BCUT2D eigenvalue weighted by molar-refractivity contribution is 5.07. The van der Waals surface area contributed by atoms with Crippen LogP contribution in [0.15, 0.2) is 24.4 Å². The molecule has 0 aromatic carbocycles. The average molecular weight is 261 g/mol. The standard InChI is InChI=1S/C16H27N3/c1-13(2)19-11-6-7-15(9-12-19)18-14(3)16-8-4-5-10-17-16/h4-5,8,10,13-15,18H,6-7,9,11-12H2,1-3H3. The lowest BCUT2D eigenvalue weighted by Gasteiger charge is -2.25. The zero-order valence-corrected chi connectivity index (χ0v) is 12.5. The fourth-order valence-electron chi connectivity index (χ4n) is 2.87. The summed E-state index contributed by atoms with van der Waals surface area (Å²) in [5.74, 6) is 0. The largest absolute Gasteiger partial charge is 0.306 e. The van der Waals surface area contributed by atoms with Crippen molar-refractivity contribution in [3.63, 3.8) is 0 Å². The van der Waals surface area contributed by atoms with Crippen LogP contribution in [0.2, 0.25) is 0 Å². The van der Waals surface area contributed by atoms with Crippen LogP contribution in [0.1, 0.15) is 51.8 Å². The Morgan fingerprint density at radius 2 is 2.05 bits per heavy atom. The topological polar surface area (TPSA) is 28.2 Å². The summed E-state index contributed by atoms with van der Waals surface area (Å²) in [5.41, 5.74) is 1.15. The minimum atomic E-state index is 0.344. The van der Waals surface area contributed by atoms with Crippen molar-refractivity contribution >= 4 is 0 Å². The molecule has 1 aromatic heterocycles. The SMILES string of the molecule is CC(NC1CCCN(C(C)C)CC1)c1ccccn1. The Morgan fingerprint density at radius 1 is 1.21 bits per heavy atom. The molecule has 0 bridgehead atoms. The molecule has 0 spiro atoms. The number of hydrogen-bond donors (Lipinski definition) is 1. The van der Waals surface area contributed by atoms with Gasteiger partial charge in [-0.3, -0.25) is 4.98 Å². The lowest BCUT2D eigenvalue weighted by atomic mass is 10.1. The molecule has 1 N–H and O–H groups in total. The third kappa shape index (κ3) is 4.29. The quantitative estimate of drug-likeness (QED) is 0.903. The molecule has 1 fully saturated rings. The highest BCUT2D eigenvalue weighted by Gasteiger charge is 2.20. The third-order valence-electron chi connectivity index (χ3n) is 4.11. The first-order valence-corrected chi connectivity index (χ1v) is 7.58. The average Bonchev–Trinajstić information content (AvgIpc) is 2.65. The van der Waals surface area contributed by atoms with Crippen molar-refractivity contribution in [2.75, 3.05) is 13.1 Å². The molecule has 0 saturated carbocycles. The Bertz CT molecular complexity index is 364. The van der Waals surface area contributed by atoms with E-state index in [9.17, 15) is 0 Å². The van der Waals surface area contributed by atoms with Crippen molar-refractivity contribution < 1.29 is 0 Å². The molecule has 2 rings (SSSR count). The van der Waals surface area contributed by atoms with Gasteiger partial charge in [0.05, 0.1) is 5.69 Å². The van der Waals surface area contributed by atoms with Crippen LogP contribution in [-0.2, 0) is 0 Å². The van der Waals surface area contributed by atoms with Crippen LogP contribution in [0.4, 0.5) is 0 Å². The van der Waals surface area contributed by atoms with E-state index >= 15 is 0 Å². The summed E-state index contributed by atoms with van der Waals surface area (Å²) < 4.78 is 0. The minimum absolute atomic E-state index is 0.344. The highest BCUT2D eigenvalue weighted by atomic mass is 15.2. The fourth-order valence-corrected chi connectivity index (χ4v) is 2.87. The van der Waals surface area contributed by atoms with Gasteiger partial charge in [0.25, 0.3) is 0 Å². The van der Waals surface area contributed by atoms with Gasteiger partial charge in [0.2, 0.25) is 0 Å². The van der Waals surface area contributed by atoms with E-state index in [1.807, 2.05) is 12.3 Å². The van der Waals surface area contributed by atoms with Crippen molar-refractivity contribution in [3.8, 4) is 0 Å². The van der Waals surface area contributed by atoms with Crippen molar-refractivity contribution in [3.05, 3.63) is 30.1 Å². The Balaban J connectivity index is 1.86. The summed E-state index contributed by atoms with van der Waals surface area (Å²) in [6, 6.07) is 7.79. The second-order valence-corrected chi connectivity index (χ2v) is 5.90. The first-order chi connectivity index (χ1) is 9.16. The van der Waals surface area contributed by atoms with Crippen LogP contribution < -0.4 is 5.32 Å². The predicted octanol–water partition coefficient (Wildman–Crippen LogP) is 3.00. The molecule has 2 unspecified atom stereocenters. The lowest BCUT2D eigenvalue weighted by Crippen LogP contribution is -2.35. The third-order valence-corrected chi connectivity index (χ3v) is 4.11. The molecule has 1 aliphatic rings. The summed E-state index contributed by atoms with van der Waals surface area (Å²) in [6.07, 6.45) is 5.70. The van der Waals surface area contributed by atoms with E-state index in [0.29, 0.717) is 18.1 Å². The van der Waals surface area contributed by atoms with Crippen molar-refractivity contribution in [1.29, 1.82) is 0 Å². The number of pyridine rings is 1. The maximum atomic E-state index is 4.44. The van der Waals surface area contributed by atoms with E-state index in [0.717, 1.165) is 5.69 Å². The van der Waals surface area contributed by atoms with Gasteiger partial charge in [-0.15, -0.1) is 0 Å². The van der Waals surface area contributed by atoms with E-state index in [1.165, 1.54) is 32.4 Å². The van der Waals surface area contributed by atoms with E-state index in [1.54, 1.807) is 0 Å². The highest BCUT2D eigenvalue weighted by Crippen LogP contribution is 2.17. The predicted molar refractivity (Wildman–Crippen MR) is 80.1 cm³/mol. The Hall–Kier alpha value is -0.930. The molecular weight excluding hydrogens is 234 g/mol. The first kappa shape index (κ1) is 14.5. The number of hydrogen-bond acceptors (Lipinski definition) is 3. The Labute approximate surface area is 117 Å². The number of likely N-dealkylation sites (tertiary alicyclic amines) is 1. The number of nitrogens with zero attached hydrogens (tertiary/aromatic N) is 2. The smallest absolute Gasteiger partial charge is 0.0570 e. The normalized spacial score (nSPS) is 23.3. The van der Waals surface area contributed by atoms with Gasteiger partial charge in [0, 0.05) is 24.3 Å². The fraction of sp³-hybridized carbons (Fsp3) is 0.688. The molecule has 2 atom stereocenters. The maximum Gasteiger partial charge on any atom is 0.0570 e. The van der Waals surface area contributed by atoms with Gasteiger partial charge in [-0.1, -0.05) is 6.07 Å². The van der Waals surface area contributed by atoms with Crippen molar-refractivity contribution in [2.45, 2.75) is 58.2 Å². The van der Waals surface area contributed by atoms with Gasteiger partial charge in [0.1, 0.15) is 0 Å². The van der Waals surface area contributed by atoms with Gasteiger partial charge in [0.15, 0.2) is 0 Å². The van der Waals surface area contributed by atoms with Crippen LogP contribution in [0, 0.1) is 0 Å². The first-order valence-electron chi connectivity index (χ1n) is 7.58. The van der Waals surface area contributed by atoms with Gasteiger partial charge in [-0.25, -0.2) is 0 Å². The summed E-state index contributed by atoms with van der Waals surface area (Å²) in [6.45, 7) is 9.26. The molecule has 0 radical (unpaired) electrons. The molecule has 19 heavy (non-hydrogen) atoms. The van der Waals surface area contributed by atoms with Gasteiger partial charge < -0.3 is 10.2 Å². The molecular formula is C16H27N3. The van der Waals surface area contributed by atoms with Gasteiger partial charge in [-0.2, -0.15) is 0 Å². The molecule has 0 aliphatic carbocycles. The van der Waals surface area contributed by atoms with Crippen molar-refractivity contribution in [1.82, 2.24) is 15.2 Å². The zero-order valence-electron chi connectivity index (χ0n) is 12.5. The summed E-state index contributed by atoms with van der Waals surface area (Å²) in [4.78, 5) is 7.03. The molecule has 3 heteroatoms. The maximum absolute atomic E-state index is 4.44. The van der Waals surface area contributed by atoms with Crippen LogP contribution in [0.5, 0.6) is 0 Å². The summed E-state index contributed by atoms with van der Waals surface area (Å²) >= 11 is 0. The Kier molecular flexibility index (Phi) is 5.34. The van der Waals surface area contributed by atoms with E-state index < -0.39 is 0 Å². The second-order valence-electron chi connectivity index (χ2n) is 5.90. The molecule has 3 nitrogen and oxygen atoms in total. The Morgan fingerprint density at radius 3 is 2.74 bits per heavy atom. The van der Waals surface area contributed by atoms with Crippen molar-refractivity contribution in [2.24, 2.45) is 0 Å². The minimum Gasteiger partial charge on any atom is -0.306 e. The van der Waals surface area contributed by atoms with Crippen LogP contribution in [-0.4, -0.2) is 35.1 Å². The van der Waals surface area contributed by atoms with Gasteiger partial charge in [-0.05, 0) is 65.3 Å². The molecule has 1 aromatic rings. The molecule has 0 amide bonds. The molecule has 2 heterocycles. The van der Waals surface area contributed by atoms with Crippen LogP contribution >= 0.6 is 0 Å².